The Labute approximate surface area is 115 Å². The first-order valence-electron chi connectivity index (χ1n) is 7.03. The highest BCUT2D eigenvalue weighted by molar-refractivity contribution is 5.33. The molecule has 0 spiro atoms. The summed E-state index contributed by atoms with van der Waals surface area (Å²) in [4.78, 5) is 0. The highest BCUT2D eigenvalue weighted by Gasteiger charge is 2.34. The van der Waals surface area contributed by atoms with Gasteiger partial charge in [0.25, 0.3) is 0 Å². The van der Waals surface area contributed by atoms with Crippen molar-refractivity contribution in [3.05, 3.63) is 24.3 Å². The SMILES string of the molecule is CCOc1cccc(OC2CC(OC(C)(C)C)C2)c1. The molecule has 0 aromatic heterocycles. The van der Waals surface area contributed by atoms with Crippen LogP contribution < -0.4 is 9.47 Å². The Balaban J connectivity index is 1.79. The lowest BCUT2D eigenvalue weighted by atomic mass is 9.91. The van der Waals surface area contributed by atoms with Gasteiger partial charge >= 0.3 is 0 Å². The zero-order chi connectivity index (χ0) is 13.9. The standard InChI is InChI=1S/C16H24O3/c1-5-17-12-7-6-8-13(9-12)18-14-10-15(11-14)19-16(2,3)4/h6-9,14-15H,5,10-11H2,1-4H3. The second kappa shape index (κ2) is 5.83. The lowest BCUT2D eigenvalue weighted by Crippen LogP contribution is -2.43. The van der Waals surface area contributed by atoms with Crippen LogP contribution in [0.4, 0.5) is 0 Å². The summed E-state index contributed by atoms with van der Waals surface area (Å²) in [6.07, 6.45) is 2.54. The Morgan fingerprint density at radius 2 is 1.79 bits per heavy atom. The topological polar surface area (TPSA) is 27.7 Å². The summed E-state index contributed by atoms with van der Waals surface area (Å²) in [7, 11) is 0. The maximum absolute atomic E-state index is 5.92. The molecule has 0 bridgehead atoms. The average molecular weight is 264 g/mol. The van der Waals surface area contributed by atoms with Crippen LogP contribution in [-0.4, -0.2) is 24.4 Å². The van der Waals surface area contributed by atoms with Crippen LogP contribution in [0.2, 0.25) is 0 Å². The van der Waals surface area contributed by atoms with Crippen LogP contribution >= 0.6 is 0 Å². The predicted octanol–water partition coefficient (Wildman–Crippen LogP) is 3.81. The van der Waals surface area contributed by atoms with E-state index in [1.165, 1.54) is 0 Å². The molecule has 106 valence electrons. The first-order valence-corrected chi connectivity index (χ1v) is 7.03. The van der Waals surface area contributed by atoms with E-state index in [9.17, 15) is 0 Å². The molecule has 0 atom stereocenters. The summed E-state index contributed by atoms with van der Waals surface area (Å²) in [5, 5.41) is 0. The van der Waals surface area contributed by atoms with Gasteiger partial charge in [0.2, 0.25) is 0 Å². The quantitative estimate of drug-likeness (QED) is 0.809. The minimum atomic E-state index is -0.0650. The number of hydrogen-bond donors (Lipinski definition) is 0. The molecule has 0 aliphatic heterocycles. The fraction of sp³-hybridized carbons (Fsp3) is 0.625. The van der Waals surface area contributed by atoms with Gasteiger partial charge in [-0.3, -0.25) is 0 Å². The Kier molecular flexibility index (Phi) is 4.35. The maximum atomic E-state index is 5.92. The first kappa shape index (κ1) is 14.2. The van der Waals surface area contributed by atoms with Gasteiger partial charge in [-0.25, -0.2) is 0 Å². The zero-order valence-electron chi connectivity index (χ0n) is 12.3. The minimum absolute atomic E-state index is 0.0650. The monoisotopic (exact) mass is 264 g/mol. The lowest BCUT2D eigenvalue weighted by Gasteiger charge is -2.39. The van der Waals surface area contributed by atoms with Crippen molar-refractivity contribution < 1.29 is 14.2 Å². The van der Waals surface area contributed by atoms with Crippen molar-refractivity contribution in [1.82, 2.24) is 0 Å². The number of hydrogen-bond acceptors (Lipinski definition) is 3. The Bertz CT molecular complexity index is 403. The Morgan fingerprint density at radius 3 is 2.42 bits per heavy atom. The van der Waals surface area contributed by atoms with E-state index >= 15 is 0 Å². The highest BCUT2D eigenvalue weighted by atomic mass is 16.5. The summed E-state index contributed by atoms with van der Waals surface area (Å²) >= 11 is 0. The molecule has 1 aromatic carbocycles. The molecule has 0 saturated heterocycles. The van der Waals surface area contributed by atoms with Crippen LogP contribution in [0.1, 0.15) is 40.5 Å². The molecule has 1 aliphatic carbocycles. The highest BCUT2D eigenvalue weighted by Crippen LogP contribution is 2.32. The predicted molar refractivity (Wildman–Crippen MR) is 75.9 cm³/mol. The molecular weight excluding hydrogens is 240 g/mol. The molecule has 1 aliphatic rings. The summed E-state index contributed by atoms with van der Waals surface area (Å²) in [5.41, 5.74) is -0.0650. The van der Waals surface area contributed by atoms with E-state index < -0.39 is 0 Å². The third-order valence-electron chi connectivity index (χ3n) is 2.99. The van der Waals surface area contributed by atoms with Gasteiger partial charge in [-0.15, -0.1) is 0 Å². The van der Waals surface area contributed by atoms with Gasteiger partial charge in [-0.05, 0) is 39.8 Å². The van der Waals surface area contributed by atoms with Gasteiger partial charge in [0.1, 0.15) is 17.6 Å². The summed E-state index contributed by atoms with van der Waals surface area (Å²) < 4.78 is 17.3. The fourth-order valence-corrected chi connectivity index (χ4v) is 2.21. The number of benzene rings is 1. The molecule has 3 heteroatoms. The number of ether oxygens (including phenoxy) is 3. The van der Waals surface area contributed by atoms with Gasteiger partial charge in [-0.1, -0.05) is 6.07 Å². The first-order chi connectivity index (χ1) is 8.96. The van der Waals surface area contributed by atoms with Gasteiger partial charge in [0, 0.05) is 18.9 Å². The van der Waals surface area contributed by atoms with E-state index in [2.05, 4.69) is 20.8 Å². The van der Waals surface area contributed by atoms with Crippen molar-refractivity contribution in [1.29, 1.82) is 0 Å². The smallest absolute Gasteiger partial charge is 0.123 e. The van der Waals surface area contributed by atoms with Crippen LogP contribution in [0.5, 0.6) is 11.5 Å². The molecular formula is C16H24O3. The third kappa shape index (κ3) is 4.43. The molecule has 0 amide bonds. The van der Waals surface area contributed by atoms with Crippen LogP contribution in [0.3, 0.4) is 0 Å². The third-order valence-corrected chi connectivity index (χ3v) is 2.99. The van der Waals surface area contributed by atoms with Crippen molar-refractivity contribution in [3.8, 4) is 11.5 Å². The van der Waals surface area contributed by atoms with Crippen molar-refractivity contribution in [2.45, 2.75) is 58.3 Å². The zero-order valence-corrected chi connectivity index (χ0v) is 12.3. The van der Waals surface area contributed by atoms with Crippen LogP contribution in [0, 0.1) is 0 Å². The van der Waals surface area contributed by atoms with Crippen molar-refractivity contribution in [2.75, 3.05) is 6.61 Å². The normalized spacial score (nSPS) is 22.7. The van der Waals surface area contributed by atoms with Crippen molar-refractivity contribution in [2.24, 2.45) is 0 Å². The molecule has 1 saturated carbocycles. The van der Waals surface area contributed by atoms with Gasteiger partial charge in [0.15, 0.2) is 0 Å². The van der Waals surface area contributed by atoms with E-state index in [0.717, 1.165) is 24.3 Å². The van der Waals surface area contributed by atoms with E-state index in [4.69, 9.17) is 14.2 Å². The van der Waals surface area contributed by atoms with Crippen molar-refractivity contribution in [3.63, 3.8) is 0 Å². The Morgan fingerprint density at radius 1 is 1.11 bits per heavy atom. The Hall–Kier alpha value is -1.22. The molecule has 0 unspecified atom stereocenters. The minimum Gasteiger partial charge on any atom is -0.494 e. The molecule has 1 aromatic rings. The van der Waals surface area contributed by atoms with Gasteiger partial charge in [-0.2, -0.15) is 0 Å². The maximum Gasteiger partial charge on any atom is 0.123 e. The van der Waals surface area contributed by atoms with Crippen LogP contribution in [0.15, 0.2) is 24.3 Å². The molecule has 2 rings (SSSR count). The molecule has 19 heavy (non-hydrogen) atoms. The summed E-state index contributed by atoms with van der Waals surface area (Å²) in [6.45, 7) is 8.93. The molecule has 0 radical (unpaired) electrons. The van der Waals surface area contributed by atoms with E-state index in [1.807, 2.05) is 31.2 Å². The fourth-order valence-electron chi connectivity index (χ4n) is 2.21. The second-order valence-corrected chi connectivity index (χ2v) is 5.97. The molecule has 1 fully saturated rings. The largest absolute Gasteiger partial charge is 0.494 e. The molecule has 0 heterocycles. The summed E-state index contributed by atoms with van der Waals surface area (Å²) in [5.74, 6) is 1.74. The van der Waals surface area contributed by atoms with Crippen molar-refractivity contribution >= 4 is 0 Å². The average Bonchev–Trinajstić information content (AvgIpc) is 2.25. The number of rotatable bonds is 5. The summed E-state index contributed by atoms with van der Waals surface area (Å²) in [6, 6.07) is 7.83. The van der Waals surface area contributed by atoms with E-state index in [0.29, 0.717) is 12.7 Å². The lowest BCUT2D eigenvalue weighted by molar-refractivity contribution is -0.126. The van der Waals surface area contributed by atoms with Gasteiger partial charge in [0.05, 0.1) is 18.3 Å². The van der Waals surface area contributed by atoms with Gasteiger partial charge < -0.3 is 14.2 Å². The molecule has 3 nitrogen and oxygen atoms in total. The van der Waals surface area contributed by atoms with Crippen LogP contribution in [0.25, 0.3) is 0 Å². The molecule has 0 N–H and O–H groups in total. The van der Waals surface area contributed by atoms with Crippen LogP contribution in [-0.2, 0) is 4.74 Å². The van der Waals surface area contributed by atoms with E-state index in [1.54, 1.807) is 0 Å². The van der Waals surface area contributed by atoms with E-state index in [-0.39, 0.29) is 11.7 Å². The second-order valence-electron chi connectivity index (χ2n) is 5.97.